The summed E-state index contributed by atoms with van der Waals surface area (Å²) in [4.78, 5) is 12.1. The maximum atomic E-state index is 12.1. The summed E-state index contributed by atoms with van der Waals surface area (Å²) in [6.07, 6.45) is 13.6. The first-order chi connectivity index (χ1) is 8.65. The van der Waals surface area contributed by atoms with Crippen molar-refractivity contribution in [1.29, 1.82) is 0 Å². The minimum Gasteiger partial charge on any atom is -0.342 e. The average molecular weight is 250 g/mol. The Balaban J connectivity index is 2.49. The van der Waals surface area contributed by atoms with Gasteiger partial charge in [0, 0.05) is 6.42 Å². The molecular formula is C15H26N2O. The molecule has 0 aromatic carbocycles. The van der Waals surface area contributed by atoms with E-state index >= 15 is 0 Å². The highest BCUT2D eigenvalue weighted by Crippen LogP contribution is 2.38. The zero-order chi connectivity index (χ0) is 13.4. The maximum absolute atomic E-state index is 12.1. The summed E-state index contributed by atoms with van der Waals surface area (Å²) in [5, 5.41) is 2.94. The normalized spacial score (nSPS) is 19.8. The van der Waals surface area contributed by atoms with Crippen molar-refractivity contribution in [2.75, 3.05) is 6.54 Å². The zero-order valence-corrected chi connectivity index (χ0v) is 11.5. The Labute approximate surface area is 111 Å². The lowest BCUT2D eigenvalue weighted by Gasteiger charge is -2.35. The summed E-state index contributed by atoms with van der Waals surface area (Å²) in [7, 11) is 0. The van der Waals surface area contributed by atoms with Gasteiger partial charge < -0.3 is 11.1 Å². The van der Waals surface area contributed by atoms with Crippen LogP contribution >= 0.6 is 0 Å². The maximum Gasteiger partial charge on any atom is 0.221 e. The zero-order valence-electron chi connectivity index (χ0n) is 11.5. The summed E-state index contributed by atoms with van der Waals surface area (Å²) in [5.74, 6) is 2.71. The number of nitrogens with two attached hydrogens (primary N) is 1. The van der Waals surface area contributed by atoms with Gasteiger partial charge in [-0.05, 0) is 31.2 Å². The number of rotatable bonds is 6. The molecule has 3 heteroatoms. The molecule has 18 heavy (non-hydrogen) atoms. The molecule has 1 atom stereocenters. The number of nitrogens with one attached hydrogen (secondary N) is 1. The van der Waals surface area contributed by atoms with E-state index in [1.54, 1.807) is 0 Å². The van der Waals surface area contributed by atoms with E-state index in [9.17, 15) is 4.79 Å². The van der Waals surface area contributed by atoms with Crippen molar-refractivity contribution in [3.63, 3.8) is 0 Å². The van der Waals surface area contributed by atoms with E-state index in [1.807, 2.05) is 0 Å². The van der Waals surface area contributed by atoms with E-state index in [0.29, 0.717) is 13.0 Å². The quantitative estimate of drug-likeness (QED) is 0.710. The van der Waals surface area contributed by atoms with Crippen LogP contribution in [0.25, 0.3) is 0 Å². The molecule has 0 saturated heterocycles. The van der Waals surface area contributed by atoms with Gasteiger partial charge in [-0.1, -0.05) is 38.5 Å². The van der Waals surface area contributed by atoms with Gasteiger partial charge in [-0.25, -0.2) is 0 Å². The van der Waals surface area contributed by atoms with Gasteiger partial charge in [0.25, 0.3) is 0 Å². The van der Waals surface area contributed by atoms with Gasteiger partial charge in [-0.2, -0.15) is 0 Å². The minimum absolute atomic E-state index is 0.0215. The van der Waals surface area contributed by atoms with Gasteiger partial charge in [0.05, 0.1) is 6.04 Å². The smallest absolute Gasteiger partial charge is 0.221 e. The van der Waals surface area contributed by atoms with Gasteiger partial charge in [0.1, 0.15) is 0 Å². The van der Waals surface area contributed by atoms with Gasteiger partial charge in [-0.3, -0.25) is 4.79 Å². The molecule has 1 aliphatic rings. The van der Waals surface area contributed by atoms with Crippen molar-refractivity contribution < 1.29 is 4.79 Å². The molecule has 0 aliphatic heterocycles. The second-order valence-electron chi connectivity index (χ2n) is 5.52. The SMILES string of the molecule is C#CC(CCC)NC(=O)CC1(CN)CCCCC1. The Morgan fingerprint density at radius 1 is 1.44 bits per heavy atom. The van der Waals surface area contributed by atoms with Crippen molar-refractivity contribution in [1.82, 2.24) is 5.32 Å². The molecule has 102 valence electrons. The van der Waals surface area contributed by atoms with Gasteiger partial charge in [-0.15, -0.1) is 6.42 Å². The molecule has 1 rings (SSSR count). The molecule has 1 fully saturated rings. The van der Waals surface area contributed by atoms with Crippen molar-refractivity contribution in [2.45, 2.75) is 64.3 Å². The second-order valence-corrected chi connectivity index (χ2v) is 5.52. The van der Waals surface area contributed by atoms with Crippen LogP contribution < -0.4 is 11.1 Å². The van der Waals surface area contributed by atoms with Crippen LogP contribution in [-0.2, 0) is 4.79 Å². The third-order valence-electron chi connectivity index (χ3n) is 4.00. The molecule has 1 aliphatic carbocycles. The Kier molecular flexibility index (Phi) is 6.21. The lowest BCUT2D eigenvalue weighted by atomic mass is 9.71. The Hall–Kier alpha value is -1.01. The monoisotopic (exact) mass is 250 g/mol. The van der Waals surface area contributed by atoms with Crippen LogP contribution in [0.3, 0.4) is 0 Å². The molecule has 3 N–H and O–H groups in total. The fourth-order valence-electron chi connectivity index (χ4n) is 2.83. The first-order valence-corrected chi connectivity index (χ1v) is 7.11. The second kappa shape index (κ2) is 7.43. The standard InChI is InChI=1S/C15H26N2O/c1-3-8-13(4-2)17-14(18)11-15(12-16)9-6-5-7-10-15/h2,13H,3,5-12,16H2,1H3,(H,17,18). The number of hydrogen-bond acceptors (Lipinski definition) is 2. The van der Waals surface area contributed by atoms with E-state index in [4.69, 9.17) is 12.2 Å². The van der Waals surface area contributed by atoms with Crippen LogP contribution in [0.2, 0.25) is 0 Å². The topological polar surface area (TPSA) is 55.1 Å². The molecule has 0 aromatic rings. The molecule has 0 spiro atoms. The van der Waals surface area contributed by atoms with Crippen molar-refractivity contribution >= 4 is 5.91 Å². The molecule has 0 aromatic heterocycles. The first-order valence-electron chi connectivity index (χ1n) is 7.11. The third-order valence-corrected chi connectivity index (χ3v) is 4.00. The van der Waals surface area contributed by atoms with Gasteiger partial charge in [0.2, 0.25) is 5.91 Å². The third kappa shape index (κ3) is 4.34. The van der Waals surface area contributed by atoms with Crippen LogP contribution in [0.15, 0.2) is 0 Å². The predicted molar refractivity (Wildman–Crippen MR) is 74.9 cm³/mol. The Morgan fingerprint density at radius 2 is 2.11 bits per heavy atom. The summed E-state index contributed by atoms with van der Waals surface area (Å²) >= 11 is 0. The van der Waals surface area contributed by atoms with E-state index in [0.717, 1.165) is 25.7 Å². The molecule has 1 saturated carbocycles. The highest BCUT2D eigenvalue weighted by Gasteiger charge is 2.33. The largest absolute Gasteiger partial charge is 0.342 e. The number of carbonyl (C=O) groups excluding carboxylic acids is 1. The fourth-order valence-corrected chi connectivity index (χ4v) is 2.83. The number of terminal acetylenes is 1. The Bertz CT molecular complexity index is 300. The Morgan fingerprint density at radius 3 is 2.61 bits per heavy atom. The molecule has 1 amide bonds. The lowest BCUT2D eigenvalue weighted by Crippen LogP contribution is -2.41. The summed E-state index contributed by atoms with van der Waals surface area (Å²) in [6.45, 7) is 2.67. The van der Waals surface area contributed by atoms with Gasteiger partial charge >= 0.3 is 0 Å². The fraction of sp³-hybridized carbons (Fsp3) is 0.800. The van der Waals surface area contributed by atoms with Crippen LogP contribution in [0.1, 0.15) is 58.3 Å². The summed E-state index contributed by atoms with van der Waals surface area (Å²) < 4.78 is 0. The lowest BCUT2D eigenvalue weighted by molar-refractivity contribution is -0.124. The number of amides is 1. The van der Waals surface area contributed by atoms with Gasteiger partial charge in [0.15, 0.2) is 0 Å². The molecule has 1 unspecified atom stereocenters. The van der Waals surface area contributed by atoms with Crippen molar-refractivity contribution in [3.05, 3.63) is 0 Å². The summed E-state index contributed by atoms with van der Waals surface area (Å²) in [6, 6.07) is -0.124. The van der Waals surface area contributed by atoms with Crippen molar-refractivity contribution in [3.8, 4) is 12.3 Å². The van der Waals surface area contributed by atoms with Crippen LogP contribution in [0.4, 0.5) is 0 Å². The van der Waals surface area contributed by atoms with Crippen molar-refractivity contribution in [2.24, 2.45) is 11.1 Å². The first kappa shape index (κ1) is 15.0. The minimum atomic E-state index is -0.124. The van der Waals surface area contributed by atoms with Crippen LogP contribution in [-0.4, -0.2) is 18.5 Å². The van der Waals surface area contributed by atoms with E-state index in [-0.39, 0.29) is 17.4 Å². The van der Waals surface area contributed by atoms with Crippen LogP contribution in [0, 0.1) is 17.8 Å². The molecule has 0 radical (unpaired) electrons. The molecular weight excluding hydrogens is 224 g/mol. The summed E-state index contributed by atoms with van der Waals surface area (Å²) in [5.41, 5.74) is 5.91. The predicted octanol–water partition coefficient (Wildman–Crippen LogP) is 2.20. The van der Waals surface area contributed by atoms with E-state index in [1.165, 1.54) is 19.3 Å². The van der Waals surface area contributed by atoms with Crippen LogP contribution in [0.5, 0.6) is 0 Å². The van der Waals surface area contributed by atoms with E-state index in [2.05, 4.69) is 18.2 Å². The van der Waals surface area contributed by atoms with E-state index < -0.39 is 0 Å². The number of carbonyl (C=O) groups is 1. The highest BCUT2D eigenvalue weighted by molar-refractivity contribution is 5.77. The number of hydrogen-bond donors (Lipinski definition) is 2. The molecule has 0 bridgehead atoms. The average Bonchev–Trinajstić information content (AvgIpc) is 2.39. The highest BCUT2D eigenvalue weighted by atomic mass is 16.1. The molecule has 0 heterocycles. The molecule has 3 nitrogen and oxygen atoms in total.